The third-order valence-electron chi connectivity index (χ3n) is 3.54. The first-order valence-corrected chi connectivity index (χ1v) is 7.10. The van der Waals surface area contributed by atoms with Gasteiger partial charge in [0.15, 0.2) is 0 Å². The summed E-state index contributed by atoms with van der Waals surface area (Å²) in [5, 5.41) is 9.56. The minimum absolute atomic E-state index is 0.210. The van der Waals surface area contributed by atoms with E-state index in [1.54, 1.807) is 11.8 Å². The quantitative estimate of drug-likeness (QED) is 0.714. The Hall–Kier alpha value is -0.940. The molecule has 1 saturated carbocycles. The zero-order valence-corrected chi connectivity index (χ0v) is 10.5. The molecule has 0 unspecified atom stereocenters. The molecule has 1 nitrogen and oxygen atoms in total. The van der Waals surface area contributed by atoms with E-state index in [9.17, 15) is 5.26 Å². The van der Waals surface area contributed by atoms with E-state index in [4.69, 9.17) is 0 Å². The molecule has 0 amide bonds. The lowest BCUT2D eigenvalue weighted by atomic mass is 9.70. The maximum absolute atomic E-state index is 9.56. The summed E-state index contributed by atoms with van der Waals surface area (Å²) in [7, 11) is 0. The summed E-state index contributed by atoms with van der Waals surface area (Å²) in [4.78, 5) is 1.27. The fourth-order valence-electron chi connectivity index (χ4n) is 2.64. The van der Waals surface area contributed by atoms with Gasteiger partial charge in [0.25, 0.3) is 0 Å². The van der Waals surface area contributed by atoms with Gasteiger partial charge in [0.05, 0.1) is 11.5 Å². The molecule has 84 valence electrons. The Morgan fingerprint density at radius 1 is 1.19 bits per heavy atom. The third-order valence-corrected chi connectivity index (χ3v) is 4.34. The molecule has 0 bridgehead atoms. The predicted molar refractivity (Wildman–Crippen MR) is 68.6 cm³/mol. The molecule has 1 aliphatic rings. The first-order chi connectivity index (χ1) is 7.82. The number of hydrogen-bond donors (Lipinski definition) is 0. The zero-order valence-electron chi connectivity index (χ0n) is 9.70. The summed E-state index contributed by atoms with van der Waals surface area (Å²) in [6, 6.07) is 11.0. The normalized spacial score (nSPS) is 19.0. The van der Waals surface area contributed by atoms with Gasteiger partial charge in [-0.2, -0.15) is 5.26 Å². The van der Waals surface area contributed by atoms with Crippen molar-refractivity contribution in [3.05, 3.63) is 29.8 Å². The number of benzene rings is 1. The van der Waals surface area contributed by atoms with Crippen LogP contribution in [0.1, 0.15) is 37.7 Å². The van der Waals surface area contributed by atoms with Gasteiger partial charge in [0, 0.05) is 4.90 Å². The van der Waals surface area contributed by atoms with Gasteiger partial charge < -0.3 is 0 Å². The summed E-state index contributed by atoms with van der Waals surface area (Å²) in [6.07, 6.45) is 7.81. The van der Waals surface area contributed by atoms with Gasteiger partial charge in [-0.05, 0) is 30.7 Å². The average Bonchev–Trinajstić information content (AvgIpc) is 2.39. The van der Waals surface area contributed by atoms with Crippen LogP contribution in [0.25, 0.3) is 0 Å². The van der Waals surface area contributed by atoms with Gasteiger partial charge in [-0.15, -0.1) is 11.8 Å². The molecule has 0 saturated heterocycles. The van der Waals surface area contributed by atoms with Crippen molar-refractivity contribution < 1.29 is 0 Å². The lowest BCUT2D eigenvalue weighted by Crippen LogP contribution is -2.27. The zero-order chi connectivity index (χ0) is 11.4. The van der Waals surface area contributed by atoms with Crippen LogP contribution in [0.15, 0.2) is 29.2 Å². The van der Waals surface area contributed by atoms with E-state index >= 15 is 0 Å². The van der Waals surface area contributed by atoms with Crippen LogP contribution >= 0.6 is 11.8 Å². The largest absolute Gasteiger partial charge is 0.197 e. The third kappa shape index (κ3) is 1.97. The molecule has 1 aromatic carbocycles. The number of nitriles is 1. The second-order valence-electron chi connectivity index (χ2n) is 4.45. The average molecular weight is 231 g/mol. The van der Waals surface area contributed by atoms with Crippen LogP contribution in [0, 0.1) is 11.3 Å². The summed E-state index contributed by atoms with van der Waals surface area (Å²) in [5.74, 6) is 0. The molecule has 16 heavy (non-hydrogen) atoms. The van der Waals surface area contributed by atoms with Crippen molar-refractivity contribution in [3.63, 3.8) is 0 Å². The van der Waals surface area contributed by atoms with Gasteiger partial charge >= 0.3 is 0 Å². The van der Waals surface area contributed by atoms with Crippen molar-refractivity contribution in [3.8, 4) is 6.07 Å². The Labute approximate surface area is 102 Å². The monoisotopic (exact) mass is 231 g/mol. The Morgan fingerprint density at radius 2 is 1.88 bits per heavy atom. The van der Waals surface area contributed by atoms with Crippen LogP contribution in [0.2, 0.25) is 0 Å². The lowest BCUT2D eigenvalue weighted by Gasteiger charge is -2.32. The van der Waals surface area contributed by atoms with Gasteiger partial charge in [0.1, 0.15) is 0 Å². The van der Waals surface area contributed by atoms with E-state index in [1.807, 2.05) is 0 Å². The fourth-order valence-corrected chi connectivity index (χ4v) is 3.33. The predicted octanol–water partition coefficient (Wildman–Crippen LogP) is 4.13. The molecule has 1 aromatic rings. The molecule has 1 fully saturated rings. The highest BCUT2D eigenvalue weighted by atomic mass is 32.2. The molecule has 0 N–H and O–H groups in total. The molecule has 0 aromatic heterocycles. The molecule has 2 rings (SSSR count). The smallest absolute Gasteiger partial charge is 0.0833 e. The van der Waals surface area contributed by atoms with Crippen LogP contribution in [-0.4, -0.2) is 6.26 Å². The molecule has 0 heterocycles. The number of rotatable bonds is 2. The van der Waals surface area contributed by atoms with Gasteiger partial charge in [0.2, 0.25) is 0 Å². The molecule has 0 radical (unpaired) electrons. The Morgan fingerprint density at radius 3 is 2.50 bits per heavy atom. The summed E-state index contributed by atoms with van der Waals surface area (Å²) < 4.78 is 0. The van der Waals surface area contributed by atoms with E-state index in [2.05, 4.69) is 36.6 Å². The minimum atomic E-state index is -0.210. The number of nitrogens with zero attached hydrogens (tertiary/aromatic N) is 1. The second-order valence-corrected chi connectivity index (χ2v) is 5.30. The first-order valence-electron chi connectivity index (χ1n) is 5.87. The maximum atomic E-state index is 9.56. The molecule has 0 atom stereocenters. The molecular formula is C14H17NS. The van der Waals surface area contributed by atoms with E-state index in [-0.39, 0.29) is 5.41 Å². The highest BCUT2D eigenvalue weighted by Crippen LogP contribution is 2.42. The van der Waals surface area contributed by atoms with Gasteiger partial charge in [-0.1, -0.05) is 37.5 Å². The van der Waals surface area contributed by atoms with Crippen LogP contribution < -0.4 is 0 Å². The van der Waals surface area contributed by atoms with Crippen molar-refractivity contribution in [2.24, 2.45) is 0 Å². The van der Waals surface area contributed by atoms with Crippen LogP contribution in [0.4, 0.5) is 0 Å². The van der Waals surface area contributed by atoms with Crippen LogP contribution in [-0.2, 0) is 5.41 Å². The van der Waals surface area contributed by atoms with Gasteiger partial charge in [-0.3, -0.25) is 0 Å². The Balaban J connectivity index is 2.43. The highest BCUT2D eigenvalue weighted by Gasteiger charge is 2.35. The first kappa shape index (κ1) is 11.5. The number of thioether (sulfide) groups is 1. The van der Waals surface area contributed by atoms with E-state index in [0.29, 0.717) is 0 Å². The fraction of sp³-hybridized carbons (Fsp3) is 0.500. The minimum Gasteiger partial charge on any atom is -0.197 e. The maximum Gasteiger partial charge on any atom is 0.0833 e. The SMILES string of the molecule is CSc1ccccc1C1(C#N)CCCCC1. The topological polar surface area (TPSA) is 23.8 Å². The standard InChI is InChI=1S/C14H17NS/c1-16-13-8-4-3-7-12(13)14(11-15)9-5-2-6-10-14/h3-4,7-8H,2,5-6,9-10H2,1H3. The van der Waals surface area contributed by atoms with E-state index in [0.717, 1.165) is 12.8 Å². The molecule has 0 spiro atoms. The van der Waals surface area contributed by atoms with Crippen molar-refractivity contribution >= 4 is 11.8 Å². The summed E-state index contributed by atoms with van der Waals surface area (Å²) >= 11 is 1.75. The second kappa shape index (κ2) is 4.93. The van der Waals surface area contributed by atoms with Crippen LogP contribution in [0.3, 0.4) is 0 Å². The molecule has 0 aliphatic heterocycles. The van der Waals surface area contributed by atoms with Crippen molar-refractivity contribution in [1.82, 2.24) is 0 Å². The van der Waals surface area contributed by atoms with Gasteiger partial charge in [-0.25, -0.2) is 0 Å². The molecular weight excluding hydrogens is 214 g/mol. The Bertz CT molecular complexity index is 399. The summed E-state index contributed by atoms with van der Waals surface area (Å²) in [5.41, 5.74) is 1.04. The van der Waals surface area contributed by atoms with Crippen LogP contribution in [0.5, 0.6) is 0 Å². The Kier molecular flexibility index (Phi) is 3.56. The van der Waals surface area contributed by atoms with Crippen molar-refractivity contribution in [2.45, 2.75) is 42.4 Å². The van der Waals surface area contributed by atoms with Crippen molar-refractivity contribution in [2.75, 3.05) is 6.26 Å². The molecule has 1 aliphatic carbocycles. The summed E-state index contributed by atoms with van der Waals surface area (Å²) in [6.45, 7) is 0. The van der Waals surface area contributed by atoms with Crippen molar-refractivity contribution in [1.29, 1.82) is 5.26 Å². The number of hydrogen-bond acceptors (Lipinski definition) is 2. The van der Waals surface area contributed by atoms with E-state index in [1.165, 1.54) is 29.7 Å². The lowest BCUT2D eigenvalue weighted by molar-refractivity contribution is 0.361. The van der Waals surface area contributed by atoms with E-state index < -0.39 is 0 Å². The molecule has 2 heteroatoms. The highest BCUT2D eigenvalue weighted by molar-refractivity contribution is 7.98.